The largest absolute Gasteiger partial charge is 0.457 e. The Morgan fingerprint density at radius 1 is 0.309 bits per heavy atom. The van der Waals surface area contributed by atoms with Crippen LogP contribution in [-0.4, -0.2) is 0 Å². The van der Waals surface area contributed by atoms with Crippen molar-refractivity contribution in [3.05, 3.63) is 251 Å². The smallest absolute Gasteiger partial charge is 0.132 e. The third-order valence-corrected chi connectivity index (χ3v) is 12.6. The van der Waals surface area contributed by atoms with Crippen molar-refractivity contribution >= 4 is 10.8 Å². The Kier molecular flexibility index (Phi) is 6.25. The van der Waals surface area contributed by atoms with Gasteiger partial charge in [0.1, 0.15) is 11.5 Å². The van der Waals surface area contributed by atoms with Gasteiger partial charge in [-0.2, -0.15) is 0 Å². The molecule has 2 aliphatic carbocycles. The molecule has 9 aromatic carbocycles. The number of hydrogen-bond acceptors (Lipinski definition) is 1. The quantitative estimate of drug-likeness (QED) is 0.178. The van der Waals surface area contributed by atoms with Gasteiger partial charge in [-0.05, 0) is 95.7 Å². The molecule has 1 nitrogen and oxygen atoms in total. The highest BCUT2D eigenvalue weighted by Gasteiger charge is 2.52. The Morgan fingerprint density at radius 2 is 0.782 bits per heavy atom. The standard InChI is InChI=1S/C54H34O/c1-2-15-38(16-3-1)53(45-22-10-6-18-41(45)42-19-7-11-23-46(42)53)39-30-26-35(27-31-39)37-29-32-50-49(34-37)54(52-40-17-5-4-14-36(40)28-33-51(52)55-50)47-24-12-8-20-43(47)44-21-9-13-25-48(44)54/h1-34H. The molecule has 12 rings (SSSR count). The molecule has 1 spiro atoms. The Balaban J connectivity index is 1.08. The highest BCUT2D eigenvalue weighted by Crippen LogP contribution is 2.64. The first-order valence-corrected chi connectivity index (χ1v) is 19.2. The van der Waals surface area contributed by atoms with Crippen LogP contribution in [-0.2, 0) is 10.8 Å². The van der Waals surface area contributed by atoms with E-state index in [0.717, 1.165) is 11.5 Å². The van der Waals surface area contributed by atoms with Crippen LogP contribution in [0.1, 0.15) is 44.5 Å². The van der Waals surface area contributed by atoms with Crippen LogP contribution in [0.2, 0.25) is 0 Å². The van der Waals surface area contributed by atoms with Crippen molar-refractivity contribution in [2.24, 2.45) is 0 Å². The predicted octanol–water partition coefficient (Wildman–Crippen LogP) is 13.3. The highest BCUT2D eigenvalue weighted by atomic mass is 16.5. The number of rotatable bonds is 3. The Labute approximate surface area is 320 Å². The van der Waals surface area contributed by atoms with Gasteiger partial charge in [-0.25, -0.2) is 0 Å². The van der Waals surface area contributed by atoms with Crippen LogP contribution >= 0.6 is 0 Å². The summed E-state index contributed by atoms with van der Waals surface area (Å²) in [5.41, 5.74) is 16.7. The predicted molar refractivity (Wildman–Crippen MR) is 224 cm³/mol. The van der Waals surface area contributed by atoms with Gasteiger partial charge in [0.2, 0.25) is 0 Å². The minimum atomic E-state index is -0.554. The average molecular weight is 699 g/mol. The molecule has 0 N–H and O–H groups in total. The topological polar surface area (TPSA) is 9.23 Å². The average Bonchev–Trinajstić information content (AvgIpc) is 3.73. The highest BCUT2D eigenvalue weighted by molar-refractivity contribution is 5.98. The van der Waals surface area contributed by atoms with E-state index in [1.807, 2.05) is 0 Å². The van der Waals surface area contributed by atoms with Gasteiger partial charge in [0, 0.05) is 11.1 Å². The lowest BCUT2D eigenvalue weighted by molar-refractivity contribution is 0.438. The Morgan fingerprint density at radius 3 is 1.40 bits per heavy atom. The fourth-order valence-electron chi connectivity index (χ4n) is 10.5. The third kappa shape index (κ3) is 3.92. The van der Waals surface area contributed by atoms with Crippen LogP contribution < -0.4 is 4.74 Å². The zero-order valence-corrected chi connectivity index (χ0v) is 30.0. The number of fused-ring (bicyclic) bond motifs is 14. The van der Waals surface area contributed by atoms with Crippen LogP contribution in [0.15, 0.2) is 206 Å². The molecule has 0 saturated carbocycles. The first kappa shape index (κ1) is 30.5. The van der Waals surface area contributed by atoms with E-state index in [2.05, 4.69) is 206 Å². The molecule has 3 aliphatic rings. The van der Waals surface area contributed by atoms with Gasteiger partial charge in [0.05, 0.1) is 10.8 Å². The Hall–Kier alpha value is -6.96. The van der Waals surface area contributed by atoms with E-state index >= 15 is 0 Å². The molecule has 0 aromatic heterocycles. The molecule has 1 heteroatoms. The molecule has 0 atom stereocenters. The van der Waals surface area contributed by atoms with E-state index < -0.39 is 10.8 Å². The molecule has 9 aromatic rings. The minimum absolute atomic E-state index is 0.428. The molecule has 0 bridgehead atoms. The van der Waals surface area contributed by atoms with Crippen LogP contribution in [0.4, 0.5) is 0 Å². The van der Waals surface area contributed by atoms with Crippen LogP contribution in [0, 0.1) is 0 Å². The van der Waals surface area contributed by atoms with Crippen molar-refractivity contribution in [2.45, 2.75) is 10.8 Å². The maximum absolute atomic E-state index is 6.91. The normalized spacial score (nSPS) is 14.6. The van der Waals surface area contributed by atoms with E-state index in [0.29, 0.717) is 0 Å². The van der Waals surface area contributed by atoms with Crippen LogP contribution in [0.3, 0.4) is 0 Å². The first-order valence-electron chi connectivity index (χ1n) is 19.2. The van der Waals surface area contributed by atoms with Crippen molar-refractivity contribution in [3.63, 3.8) is 0 Å². The molecule has 1 aliphatic heterocycles. The second kappa shape index (κ2) is 11.3. The summed E-state index contributed by atoms with van der Waals surface area (Å²) in [5, 5.41) is 2.43. The molecule has 256 valence electrons. The maximum Gasteiger partial charge on any atom is 0.132 e. The van der Waals surface area contributed by atoms with Gasteiger partial charge in [0.25, 0.3) is 0 Å². The van der Waals surface area contributed by atoms with Crippen molar-refractivity contribution in [2.75, 3.05) is 0 Å². The SMILES string of the molecule is c1ccc(C2(c3ccc(-c4ccc5c(c4)C4(c6ccccc6-c6ccccc64)c4c(ccc6ccccc46)O5)cc3)c3ccccc3-c3ccccc32)cc1. The van der Waals surface area contributed by atoms with Crippen LogP contribution in [0.25, 0.3) is 44.2 Å². The number of hydrogen-bond donors (Lipinski definition) is 0. The van der Waals surface area contributed by atoms with Crippen molar-refractivity contribution < 1.29 is 4.74 Å². The summed E-state index contributed by atoms with van der Waals surface area (Å²) >= 11 is 0. The third-order valence-electron chi connectivity index (χ3n) is 12.6. The van der Waals surface area contributed by atoms with Gasteiger partial charge in [-0.3, -0.25) is 0 Å². The molecule has 0 saturated heterocycles. The van der Waals surface area contributed by atoms with E-state index in [1.54, 1.807) is 0 Å². The summed E-state index contributed by atoms with van der Waals surface area (Å²) in [6.45, 7) is 0. The van der Waals surface area contributed by atoms with Crippen molar-refractivity contribution in [3.8, 4) is 44.9 Å². The van der Waals surface area contributed by atoms with Gasteiger partial charge < -0.3 is 4.74 Å². The number of benzene rings is 9. The second-order valence-corrected chi connectivity index (χ2v) is 15.1. The fourth-order valence-corrected chi connectivity index (χ4v) is 10.5. The molecular weight excluding hydrogens is 665 g/mol. The zero-order valence-electron chi connectivity index (χ0n) is 30.0. The molecular formula is C54H34O. The van der Waals surface area contributed by atoms with Crippen molar-refractivity contribution in [1.82, 2.24) is 0 Å². The summed E-state index contributed by atoms with van der Waals surface area (Å²) in [4.78, 5) is 0. The summed E-state index contributed by atoms with van der Waals surface area (Å²) in [5.74, 6) is 1.81. The summed E-state index contributed by atoms with van der Waals surface area (Å²) in [6, 6.07) is 76.1. The molecule has 1 heterocycles. The lowest BCUT2D eigenvalue weighted by atomic mass is 9.64. The van der Waals surface area contributed by atoms with Gasteiger partial charge in [-0.15, -0.1) is 0 Å². The minimum Gasteiger partial charge on any atom is -0.457 e. The molecule has 0 fully saturated rings. The fraction of sp³-hybridized carbons (Fsp3) is 0.0370. The van der Waals surface area contributed by atoms with E-state index in [9.17, 15) is 0 Å². The van der Waals surface area contributed by atoms with Crippen molar-refractivity contribution in [1.29, 1.82) is 0 Å². The lowest BCUT2D eigenvalue weighted by Crippen LogP contribution is -2.32. The van der Waals surface area contributed by atoms with E-state index in [1.165, 1.54) is 88.7 Å². The maximum atomic E-state index is 6.91. The van der Waals surface area contributed by atoms with Gasteiger partial charge >= 0.3 is 0 Å². The first-order chi connectivity index (χ1) is 27.3. The van der Waals surface area contributed by atoms with E-state index in [-0.39, 0.29) is 0 Å². The molecule has 0 amide bonds. The number of ether oxygens (including phenoxy) is 1. The van der Waals surface area contributed by atoms with Crippen LogP contribution in [0.5, 0.6) is 11.5 Å². The second-order valence-electron chi connectivity index (χ2n) is 15.1. The summed E-state index contributed by atoms with van der Waals surface area (Å²) in [7, 11) is 0. The molecule has 0 unspecified atom stereocenters. The van der Waals surface area contributed by atoms with Gasteiger partial charge in [-0.1, -0.05) is 188 Å². The summed E-state index contributed by atoms with van der Waals surface area (Å²) in [6.07, 6.45) is 0. The summed E-state index contributed by atoms with van der Waals surface area (Å²) < 4.78 is 6.91. The molecule has 55 heavy (non-hydrogen) atoms. The monoisotopic (exact) mass is 698 g/mol. The van der Waals surface area contributed by atoms with E-state index in [4.69, 9.17) is 4.74 Å². The molecule has 0 radical (unpaired) electrons. The lowest BCUT2D eigenvalue weighted by Gasteiger charge is -2.40. The Bertz CT molecular complexity index is 2920. The zero-order chi connectivity index (χ0) is 36.1. The van der Waals surface area contributed by atoms with Gasteiger partial charge in [0.15, 0.2) is 0 Å².